The van der Waals surface area contributed by atoms with Crippen molar-refractivity contribution in [3.05, 3.63) is 48.2 Å². The van der Waals surface area contributed by atoms with Gasteiger partial charge in [-0.2, -0.15) is 0 Å². The number of hydrogen-bond acceptors (Lipinski definition) is 6. The summed E-state index contributed by atoms with van der Waals surface area (Å²) in [5.74, 6) is 2.07. The molecule has 0 fully saturated rings. The van der Waals surface area contributed by atoms with E-state index in [4.69, 9.17) is 9.15 Å². The van der Waals surface area contributed by atoms with Crippen molar-refractivity contribution >= 4 is 17.7 Å². The molecule has 0 bridgehead atoms. The average Bonchev–Trinajstić information content (AvgIpc) is 3.32. The highest BCUT2D eigenvalue weighted by atomic mass is 32.2. The molecule has 3 rings (SSSR count). The van der Waals surface area contributed by atoms with Crippen LogP contribution >= 0.6 is 11.8 Å². The number of carbonyl (C=O) groups is 1. The van der Waals surface area contributed by atoms with Gasteiger partial charge in [0.25, 0.3) is 0 Å². The fourth-order valence-corrected chi connectivity index (χ4v) is 3.35. The average molecular weight is 386 g/mol. The lowest BCUT2D eigenvalue weighted by atomic mass is 10.1. The van der Waals surface area contributed by atoms with Gasteiger partial charge in [-0.3, -0.25) is 4.79 Å². The Morgan fingerprint density at radius 3 is 2.74 bits per heavy atom. The van der Waals surface area contributed by atoms with Gasteiger partial charge in [0, 0.05) is 13.6 Å². The third kappa shape index (κ3) is 4.71. The molecule has 0 saturated heterocycles. The lowest BCUT2D eigenvalue weighted by molar-refractivity contribution is -0.120. The summed E-state index contributed by atoms with van der Waals surface area (Å²) in [6.07, 6.45) is 2.36. The van der Waals surface area contributed by atoms with Crippen molar-refractivity contribution in [1.29, 1.82) is 0 Å². The number of aromatic nitrogens is 3. The zero-order valence-corrected chi connectivity index (χ0v) is 16.3. The Bertz CT molecular complexity index is 875. The van der Waals surface area contributed by atoms with Crippen LogP contribution in [0.4, 0.5) is 0 Å². The summed E-state index contributed by atoms with van der Waals surface area (Å²) in [7, 11) is 3.50. The zero-order chi connectivity index (χ0) is 19.2. The first-order valence-electron chi connectivity index (χ1n) is 8.59. The summed E-state index contributed by atoms with van der Waals surface area (Å²) in [5.41, 5.74) is 1.15. The molecule has 1 N–H and O–H groups in total. The Kier molecular flexibility index (Phi) is 6.18. The maximum absolute atomic E-state index is 12.4. The summed E-state index contributed by atoms with van der Waals surface area (Å²) in [4.78, 5) is 12.4. The van der Waals surface area contributed by atoms with Crippen LogP contribution in [-0.2, 0) is 18.3 Å². The highest BCUT2D eigenvalue weighted by molar-refractivity contribution is 8.00. The van der Waals surface area contributed by atoms with E-state index < -0.39 is 0 Å². The Morgan fingerprint density at radius 2 is 2.07 bits per heavy atom. The van der Waals surface area contributed by atoms with Crippen molar-refractivity contribution in [2.45, 2.75) is 23.8 Å². The Morgan fingerprint density at radius 1 is 1.30 bits per heavy atom. The number of benzene rings is 1. The molecule has 0 saturated carbocycles. The molecule has 7 nitrogen and oxygen atoms in total. The van der Waals surface area contributed by atoms with E-state index in [1.165, 1.54) is 11.8 Å². The van der Waals surface area contributed by atoms with Crippen LogP contribution in [0.1, 0.15) is 12.5 Å². The van der Waals surface area contributed by atoms with E-state index in [1.54, 1.807) is 19.4 Å². The van der Waals surface area contributed by atoms with Crippen molar-refractivity contribution in [3.63, 3.8) is 0 Å². The molecule has 0 radical (unpaired) electrons. The van der Waals surface area contributed by atoms with Crippen molar-refractivity contribution in [1.82, 2.24) is 20.1 Å². The third-order valence-corrected chi connectivity index (χ3v) is 5.23. The van der Waals surface area contributed by atoms with Gasteiger partial charge in [0.1, 0.15) is 5.75 Å². The first kappa shape index (κ1) is 19.0. The van der Waals surface area contributed by atoms with Gasteiger partial charge in [0.15, 0.2) is 16.7 Å². The fourth-order valence-electron chi connectivity index (χ4n) is 2.52. The van der Waals surface area contributed by atoms with Crippen LogP contribution in [-0.4, -0.2) is 39.6 Å². The quantitative estimate of drug-likeness (QED) is 0.600. The largest absolute Gasteiger partial charge is 0.497 e. The number of hydrogen-bond donors (Lipinski definition) is 1. The number of methoxy groups -OCH3 is 1. The number of nitrogens with one attached hydrogen (secondary N) is 1. The highest BCUT2D eigenvalue weighted by Crippen LogP contribution is 2.25. The standard InChI is InChI=1S/C19H22N4O3S/c1-13(18(24)20-11-10-14-6-8-15(25-3)9-7-14)27-19-22-21-17(23(19)2)16-5-4-12-26-16/h4-9,12-13H,10-11H2,1-3H3,(H,20,24)/t13-/m1/s1. The SMILES string of the molecule is COc1ccc(CCNC(=O)[C@@H](C)Sc2nnc(-c3ccco3)n2C)cc1. The Balaban J connectivity index is 1.50. The minimum Gasteiger partial charge on any atom is -0.497 e. The zero-order valence-electron chi connectivity index (χ0n) is 15.5. The number of ether oxygens (including phenoxy) is 1. The molecule has 0 aliphatic carbocycles. The molecule has 8 heteroatoms. The molecule has 1 aromatic carbocycles. The van der Waals surface area contributed by atoms with Crippen LogP contribution in [0.5, 0.6) is 5.75 Å². The highest BCUT2D eigenvalue weighted by Gasteiger charge is 2.19. The van der Waals surface area contributed by atoms with Gasteiger partial charge in [0.05, 0.1) is 18.6 Å². The second-order valence-electron chi connectivity index (χ2n) is 5.99. The topological polar surface area (TPSA) is 82.2 Å². The van der Waals surface area contributed by atoms with E-state index in [9.17, 15) is 4.79 Å². The molecule has 2 heterocycles. The molecule has 2 aromatic heterocycles. The molecule has 3 aromatic rings. The summed E-state index contributed by atoms with van der Waals surface area (Å²) in [5, 5.41) is 11.7. The molecule has 0 aliphatic rings. The minimum atomic E-state index is -0.284. The van der Waals surface area contributed by atoms with Crippen LogP contribution in [0.25, 0.3) is 11.6 Å². The number of carbonyl (C=O) groups excluding carboxylic acids is 1. The molecule has 1 amide bonds. The number of nitrogens with zero attached hydrogens (tertiary/aromatic N) is 3. The van der Waals surface area contributed by atoms with Gasteiger partial charge < -0.3 is 19.0 Å². The smallest absolute Gasteiger partial charge is 0.233 e. The van der Waals surface area contributed by atoms with Gasteiger partial charge in [-0.15, -0.1) is 10.2 Å². The minimum absolute atomic E-state index is 0.0314. The van der Waals surface area contributed by atoms with Crippen molar-refractivity contribution in [3.8, 4) is 17.3 Å². The van der Waals surface area contributed by atoms with Crippen LogP contribution in [0.15, 0.2) is 52.2 Å². The Labute approximate surface area is 162 Å². The van der Waals surface area contributed by atoms with Crippen LogP contribution in [0.3, 0.4) is 0 Å². The van der Waals surface area contributed by atoms with Gasteiger partial charge in [-0.1, -0.05) is 23.9 Å². The molecule has 0 unspecified atom stereocenters. The summed E-state index contributed by atoms with van der Waals surface area (Å²) in [6, 6.07) is 11.5. The summed E-state index contributed by atoms with van der Waals surface area (Å²) in [6.45, 7) is 2.43. The molecule has 27 heavy (non-hydrogen) atoms. The summed E-state index contributed by atoms with van der Waals surface area (Å²) >= 11 is 1.37. The first-order chi connectivity index (χ1) is 13.1. The van der Waals surface area contributed by atoms with Crippen LogP contribution in [0, 0.1) is 0 Å². The number of furan rings is 1. The Hall–Kier alpha value is -2.74. The van der Waals surface area contributed by atoms with Crippen molar-refractivity contribution < 1.29 is 13.9 Å². The van der Waals surface area contributed by atoms with Crippen molar-refractivity contribution in [2.24, 2.45) is 7.05 Å². The predicted octanol–water partition coefficient (Wildman–Crippen LogP) is 2.92. The maximum Gasteiger partial charge on any atom is 0.233 e. The van der Waals surface area contributed by atoms with Gasteiger partial charge in [-0.25, -0.2) is 0 Å². The van der Waals surface area contributed by atoms with E-state index in [0.29, 0.717) is 23.3 Å². The van der Waals surface area contributed by atoms with Gasteiger partial charge in [0.2, 0.25) is 5.91 Å². The van der Waals surface area contributed by atoms with E-state index >= 15 is 0 Å². The number of amides is 1. The molecule has 142 valence electrons. The fraction of sp³-hybridized carbons (Fsp3) is 0.316. The monoisotopic (exact) mass is 386 g/mol. The molecular weight excluding hydrogens is 364 g/mol. The van der Waals surface area contributed by atoms with E-state index in [1.807, 2.05) is 48.9 Å². The number of rotatable bonds is 8. The first-order valence-corrected chi connectivity index (χ1v) is 9.47. The van der Waals surface area contributed by atoms with E-state index in [0.717, 1.165) is 17.7 Å². The lowest BCUT2D eigenvalue weighted by Gasteiger charge is -2.11. The lowest BCUT2D eigenvalue weighted by Crippen LogP contribution is -2.32. The molecular formula is C19H22N4O3S. The van der Waals surface area contributed by atoms with E-state index in [2.05, 4.69) is 15.5 Å². The second kappa shape index (κ2) is 8.77. The third-order valence-electron chi connectivity index (χ3n) is 4.10. The van der Waals surface area contributed by atoms with Crippen LogP contribution < -0.4 is 10.1 Å². The number of thioether (sulfide) groups is 1. The van der Waals surface area contributed by atoms with Crippen molar-refractivity contribution in [2.75, 3.05) is 13.7 Å². The van der Waals surface area contributed by atoms with Gasteiger partial charge >= 0.3 is 0 Å². The van der Waals surface area contributed by atoms with Gasteiger partial charge in [-0.05, 0) is 43.2 Å². The molecule has 0 spiro atoms. The molecule has 1 atom stereocenters. The summed E-state index contributed by atoms with van der Waals surface area (Å²) < 4.78 is 12.3. The predicted molar refractivity (Wildman–Crippen MR) is 104 cm³/mol. The van der Waals surface area contributed by atoms with Crippen LogP contribution in [0.2, 0.25) is 0 Å². The maximum atomic E-state index is 12.4. The second-order valence-corrected chi connectivity index (χ2v) is 7.30. The molecule has 0 aliphatic heterocycles. The van der Waals surface area contributed by atoms with E-state index in [-0.39, 0.29) is 11.2 Å². The normalized spacial score (nSPS) is 12.0.